The Balaban J connectivity index is 3.32. The molecule has 82 valence electrons. The fourth-order valence-electron chi connectivity index (χ4n) is 1.24. The van der Waals surface area contributed by atoms with Crippen molar-refractivity contribution < 1.29 is 13.2 Å². The van der Waals surface area contributed by atoms with Gasteiger partial charge < -0.3 is 4.74 Å². The summed E-state index contributed by atoms with van der Waals surface area (Å²) in [6.07, 6.45) is 2.28. The standard InChI is InChI=1S/C10H13NO3S/c1-3-4-8-5-6-9(14-2)10(7-8)15(11,12)13/h3,5-7H,1,4H2,2H3,(H2,11,12,13). The predicted octanol–water partition coefficient (Wildman–Crippen LogP) is 1.07. The lowest BCUT2D eigenvalue weighted by Gasteiger charge is -2.07. The average molecular weight is 227 g/mol. The molecule has 1 aromatic carbocycles. The zero-order valence-electron chi connectivity index (χ0n) is 8.43. The maximum Gasteiger partial charge on any atom is 0.241 e. The van der Waals surface area contributed by atoms with Crippen LogP contribution in [0.5, 0.6) is 5.75 Å². The number of ether oxygens (including phenoxy) is 1. The monoisotopic (exact) mass is 227 g/mol. The lowest BCUT2D eigenvalue weighted by Crippen LogP contribution is -2.13. The van der Waals surface area contributed by atoms with Gasteiger partial charge in [-0.2, -0.15) is 0 Å². The molecule has 0 aromatic heterocycles. The Bertz CT molecular complexity index is 466. The third-order valence-corrected chi connectivity index (χ3v) is 2.85. The van der Waals surface area contributed by atoms with Gasteiger partial charge in [-0.1, -0.05) is 12.1 Å². The molecule has 0 spiro atoms. The van der Waals surface area contributed by atoms with Gasteiger partial charge in [0.2, 0.25) is 10.0 Å². The van der Waals surface area contributed by atoms with Gasteiger partial charge in [-0.05, 0) is 24.1 Å². The Morgan fingerprint density at radius 2 is 2.20 bits per heavy atom. The molecule has 4 nitrogen and oxygen atoms in total. The number of primary sulfonamides is 1. The van der Waals surface area contributed by atoms with E-state index in [1.165, 1.54) is 13.2 Å². The lowest BCUT2D eigenvalue weighted by molar-refractivity contribution is 0.402. The van der Waals surface area contributed by atoms with Crippen molar-refractivity contribution in [1.29, 1.82) is 0 Å². The zero-order valence-corrected chi connectivity index (χ0v) is 9.25. The molecule has 0 fully saturated rings. The molecule has 2 N–H and O–H groups in total. The van der Waals surface area contributed by atoms with Crippen LogP contribution in [0, 0.1) is 0 Å². The molecule has 0 aliphatic heterocycles. The van der Waals surface area contributed by atoms with Crippen molar-refractivity contribution in [3.63, 3.8) is 0 Å². The summed E-state index contributed by atoms with van der Waals surface area (Å²) in [5.74, 6) is 0.255. The maximum absolute atomic E-state index is 11.2. The molecule has 1 rings (SSSR count). The van der Waals surface area contributed by atoms with E-state index >= 15 is 0 Å². The van der Waals surface area contributed by atoms with Crippen LogP contribution in [-0.4, -0.2) is 15.5 Å². The van der Waals surface area contributed by atoms with Gasteiger partial charge in [-0.15, -0.1) is 6.58 Å². The van der Waals surface area contributed by atoms with Crippen molar-refractivity contribution >= 4 is 10.0 Å². The van der Waals surface area contributed by atoms with Crippen LogP contribution in [0.15, 0.2) is 35.7 Å². The fourth-order valence-corrected chi connectivity index (χ4v) is 1.98. The molecule has 1 aromatic rings. The summed E-state index contributed by atoms with van der Waals surface area (Å²) in [5.41, 5.74) is 0.829. The van der Waals surface area contributed by atoms with Crippen LogP contribution in [0.3, 0.4) is 0 Å². The molecule has 15 heavy (non-hydrogen) atoms. The minimum Gasteiger partial charge on any atom is -0.495 e. The van der Waals surface area contributed by atoms with Crippen molar-refractivity contribution in [2.75, 3.05) is 7.11 Å². The number of sulfonamides is 1. The molecule has 0 amide bonds. The highest BCUT2D eigenvalue weighted by molar-refractivity contribution is 7.89. The Hall–Kier alpha value is -1.33. The van der Waals surface area contributed by atoms with Gasteiger partial charge in [0.1, 0.15) is 10.6 Å². The summed E-state index contributed by atoms with van der Waals surface area (Å²) in [5, 5.41) is 5.06. The minimum absolute atomic E-state index is 0.00403. The van der Waals surface area contributed by atoms with E-state index in [4.69, 9.17) is 9.88 Å². The largest absolute Gasteiger partial charge is 0.495 e. The fraction of sp³-hybridized carbons (Fsp3) is 0.200. The summed E-state index contributed by atoms with van der Waals surface area (Å²) in [7, 11) is -2.35. The van der Waals surface area contributed by atoms with E-state index < -0.39 is 10.0 Å². The summed E-state index contributed by atoms with van der Waals surface area (Å²) < 4.78 is 27.4. The van der Waals surface area contributed by atoms with Gasteiger partial charge in [0, 0.05) is 0 Å². The number of hydrogen-bond donors (Lipinski definition) is 1. The van der Waals surface area contributed by atoms with E-state index in [-0.39, 0.29) is 10.6 Å². The average Bonchev–Trinajstić information content (AvgIpc) is 2.17. The van der Waals surface area contributed by atoms with Crippen molar-refractivity contribution in [3.8, 4) is 5.75 Å². The maximum atomic E-state index is 11.2. The first-order chi connectivity index (χ1) is 6.99. The molecule has 0 saturated heterocycles. The first-order valence-corrected chi connectivity index (χ1v) is 5.84. The SMILES string of the molecule is C=CCc1ccc(OC)c(S(N)(=O)=O)c1. The highest BCUT2D eigenvalue weighted by Gasteiger charge is 2.14. The number of rotatable bonds is 4. The molecule has 0 atom stereocenters. The molecule has 0 saturated carbocycles. The van der Waals surface area contributed by atoms with Gasteiger partial charge in [-0.25, -0.2) is 13.6 Å². The molecule has 0 unspecified atom stereocenters. The molecule has 0 aliphatic rings. The summed E-state index contributed by atoms with van der Waals surface area (Å²) >= 11 is 0. The van der Waals surface area contributed by atoms with Crippen LogP contribution in [0.1, 0.15) is 5.56 Å². The van der Waals surface area contributed by atoms with Crippen molar-refractivity contribution in [3.05, 3.63) is 36.4 Å². The van der Waals surface area contributed by atoms with Crippen molar-refractivity contribution in [2.45, 2.75) is 11.3 Å². The Kier molecular flexibility index (Phi) is 3.49. The third kappa shape index (κ3) is 2.81. The van der Waals surface area contributed by atoms with Gasteiger partial charge in [0.05, 0.1) is 7.11 Å². The summed E-state index contributed by atoms with van der Waals surface area (Å²) in [6, 6.07) is 4.85. The second kappa shape index (κ2) is 4.46. The number of allylic oxidation sites excluding steroid dienone is 1. The molecule has 0 bridgehead atoms. The number of nitrogens with two attached hydrogens (primary N) is 1. The number of benzene rings is 1. The van der Waals surface area contributed by atoms with Crippen LogP contribution < -0.4 is 9.88 Å². The zero-order chi connectivity index (χ0) is 11.5. The first-order valence-electron chi connectivity index (χ1n) is 4.29. The topological polar surface area (TPSA) is 69.4 Å². The van der Waals surface area contributed by atoms with Crippen LogP contribution in [0.4, 0.5) is 0 Å². The van der Waals surface area contributed by atoms with Crippen LogP contribution in [-0.2, 0) is 16.4 Å². The quantitative estimate of drug-likeness (QED) is 0.782. The third-order valence-electron chi connectivity index (χ3n) is 1.91. The Morgan fingerprint density at radius 3 is 2.67 bits per heavy atom. The van der Waals surface area contributed by atoms with Crippen LogP contribution in [0.2, 0.25) is 0 Å². The first kappa shape index (κ1) is 11.7. The van der Waals surface area contributed by atoms with Gasteiger partial charge in [0.25, 0.3) is 0 Å². The van der Waals surface area contributed by atoms with Crippen LogP contribution in [0.25, 0.3) is 0 Å². The van der Waals surface area contributed by atoms with E-state index in [0.717, 1.165) is 5.56 Å². The van der Waals surface area contributed by atoms with Crippen molar-refractivity contribution in [2.24, 2.45) is 5.14 Å². The predicted molar refractivity (Wildman–Crippen MR) is 58.3 cm³/mol. The van der Waals surface area contributed by atoms with E-state index in [9.17, 15) is 8.42 Å². The van der Waals surface area contributed by atoms with Gasteiger partial charge in [-0.3, -0.25) is 0 Å². The number of hydrogen-bond acceptors (Lipinski definition) is 3. The molecule has 5 heteroatoms. The second-order valence-electron chi connectivity index (χ2n) is 3.02. The molecule has 0 radical (unpaired) electrons. The van der Waals surface area contributed by atoms with E-state index in [1.54, 1.807) is 18.2 Å². The smallest absolute Gasteiger partial charge is 0.241 e. The Morgan fingerprint density at radius 1 is 1.53 bits per heavy atom. The van der Waals surface area contributed by atoms with Gasteiger partial charge in [0.15, 0.2) is 0 Å². The van der Waals surface area contributed by atoms with E-state index in [0.29, 0.717) is 6.42 Å². The van der Waals surface area contributed by atoms with Gasteiger partial charge >= 0.3 is 0 Å². The van der Waals surface area contributed by atoms with E-state index in [1.807, 2.05) is 0 Å². The lowest BCUT2D eigenvalue weighted by atomic mass is 10.1. The normalized spacial score (nSPS) is 11.1. The molecular formula is C10H13NO3S. The highest BCUT2D eigenvalue weighted by Crippen LogP contribution is 2.23. The summed E-state index contributed by atoms with van der Waals surface area (Å²) in [4.78, 5) is 0.00403. The molecule has 0 aliphatic carbocycles. The highest BCUT2D eigenvalue weighted by atomic mass is 32.2. The number of methoxy groups -OCH3 is 1. The Labute approximate surface area is 89.4 Å². The molecule has 0 heterocycles. The van der Waals surface area contributed by atoms with Crippen LogP contribution >= 0.6 is 0 Å². The van der Waals surface area contributed by atoms with E-state index in [2.05, 4.69) is 6.58 Å². The van der Waals surface area contributed by atoms with Crippen molar-refractivity contribution in [1.82, 2.24) is 0 Å². The minimum atomic E-state index is -3.75. The second-order valence-corrected chi connectivity index (χ2v) is 4.55. The molecular weight excluding hydrogens is 214 g/mol. The summed E-state index contributed by atoms with van der Waals surface area (Å²) in [6.45, 7) is 3.58.